The highest BCUT2D eigenvalue weighted by atomic mass is 16.5. The van der Waals surface area contributed by atoms with Gasteiger partial charge in [-0.3, -0.25) is 4.90 Å². The Balaban J connectivity index is 0.000000455. The lowest BCUT2D eigenvalue weighted by molar-refractivity contribution is -0.159. The maximum Gasteiger partial charge on any atom is 0.414 e. The summed E-state index contributed by atoms with van der Waals surface area (Å²) in [5, 5.41) is 18.8. The Bertz CT molecular complexity index is 1260. The third-order valence-electron chi connectivity index (χ3n) is 5.27. The van der Waals surface area contributed by atoms with Gasteiger partial charge in [-0.1, -0.05) is 47.6 Å². The highest BCUT2D eigenvalue weighted by molar-refractivity contribution is 6.27. The molecule has 5 rings (SSSR count). The van der Waals surface area contributed by atoms with Crippen LogP contribution in [-0.4, -0.2) is 60.2 Å². The molecule has 11 nitrogen and oxygen atoms in total. The van der Waals surface area contributed by atoms with Crippen molar-refractivity contribution in [3.05, 3.63) is 90.1 Å². The van der Waals surface area contributed by atoms with Crippen LogP contribution in [0.5, 0.6) is 5.75 Å². The van der Waals surface area contributed by atoms with E-state index in [0.717, 1.165) is 30.9 Å². The van der Waals surface area contributed by atoms with E-state index in [1.54, 1.807) is 18.5 Å². The summed E-state index contributed by atoms with van der Waals surface area (Å²) in [6, 6.07) is 20.2. The smallest absolute Gasteiger partial charge is 0.414 e. The molecule has 0 saturated carbocycles. The van der Waals surface area contributed by atoms with E-state index in [-0.39, 0.29) is 5.92 Å². The fourth-order valence-corrected chi connectivity index (χ4v) is 3.45. The molecule has 2 aromatic carbocycles. The Morgan fingerprint density at radius 1 is 0.889 bits per heavy atom. The maximum absolute atomic E-state index is 9.10. The van der Waals surface area contributed by atoms with Crippen LogP contribution in [0.3, 0.4) is 0 Å². The largest absolute Gasteiger partial charge is 0.489 e. The number of nitrogens with zero attached hydrogens (tertiary/aromatic N) is 5. The summed E-state index contributed by atoms with van der Waals surface area (Å²) in [5.41, 5.74) is 2.42. The van der Waals surface area contributed by atoms with Crippen molar-refractivity contribution >= 4 is 11.9 Å². The molecule has 0 amide bonds. The summed E-state index contributed by atoms with van der Waals surface area (Å²) in [6.45, 7) is 3.25. The lowest BCUT2D eigenvalue weighted by Gasteiger charge is -2.37. The number of hydrogen-bond donors (Lipinski definition) is 2. The highest BCUT2D eigenvalue weighted by Gasteiger charge is 2.32. The average Bonchev–Trinajstić information content (AvgIpc) is 3.36. The van der Waals surface area contributed by atoms with Gasteiger partial charge in [0.1, 0.15) is 12.4 Å². The van der Waals surface area contributed by atoms with E-state index in [1.165, 1.54) is 5.56 Å². The van der Waals surface area contributed by atoms with E-state index in [1.807, 2.05) is 30.3 Å². The standard InChI is InChI=1S/C23H21N5O2.C2H2O4/c1-2-5-18(6-3-1)16-29-20-9-7-17(8-10-20)13-28-14-19(15-28)23-26-22(27-30-23)21-24-11-4-12-25-21;3-1(4)2(5)6/h1-12,19H,13-16H2;(H,3,4)(H,5,6). The van der Waals surface area contributed by atoms with Gasteiger partial charge in [-0.2, -0.15) is 4.98 Å². The Kier molecular flexibility index (Phi) is 7.94. The predicted octanol–water partition coefficient (Wildman–Crippen LogP) is 2.86. The molecule has 0 bridgehead atoms. The van der Waals surface area contributed by atoms with Crippen LogP contribution in [0.15, 0.2) is 77.6 Å². The molecule has 2 aromatic heterocycles. The second-order valence-electron chi connectivity index (χ2n) is 7.95. The molecule has 2 N–H and O–H groups in total. The van der Waals surface area contributed by atoms with Crippen molar-refractivity contribution < 1.29 is 29.1 Å². The normalized spacial score (nSPS) is 13.2. The van der Waals surface area contributed by atoms with Gasteiger partial charge in [0.15, 0.2) is 0 Å². The van der Waals surface area contributed by atoms with Crippen molar-refractivity contribution in [1.82, 2.24) is 25.0 Å². The molecule has 1 saturated heterocycles. The molecule has 0 atom stereocenters. The molecule has 3 heterocycles. The average molecular weight is 489 g/mol. The van der Waals surface area contributed by atoms with Gasteiger partial charge < -0.3 is 19.5 Å². The predicted molar refractivity (Wildman–Crippen MR) is 126 cm³/mol. The minimum absolute atomic E-state index is 0.253. The summed E-state index contributed by atoms with van der Waals surface area (Å²) in [4.78, 5) is 33.3. The minimum atomic E-state index is -1.82. The fourth-order valence-electron chi connectivity index (χ4n) is 3.45. The van der Waals surface area contributed by atoms with Gasteiger partial charge in [-0.15, -0.1) is 0 Å². The molecule has 36 heavy (non-hydrogen) atoms. The van der Waals surface area contributed by atoms with Crippen molar-refractivity contribution in [3.8, 4) is 17.4 Å². The summed E-state index contributed by atoms with van der Waals surface area (Å²) < 4.78 is 11.3. The molecular weight excluding hydrogens is 466 g/mol. The lowest BCUT2D eigenvalue weighted by Crippen LogP contribution is -2.44. The number of carboxylic acids is 2. The minimum Gasteiger partial charge on any atom is -0.489 e. The van der Waals surface area contributed by atoms with Crippen LogP contribution in [0.2, 0.25) is 0 Å². The SMILES string of the molecule is O=C(O)C(=O)O.c1ccc(COc2ccc(CN3CC(c4nc(-c5ncccn5)no4)C3)cc2)cc1. The zero-order valence-electron chi connectivity index (χ0n) is 19.1. The number of likely N-dealkylation sites (tertiary alicyclic amines) is 1. The first kappa shape index (κ1) is 24.5. The van der Waals surface area contributed by atoms with E-state index in [9.17, 15) is 0 Å². The number of aliphatic carboxylic acids is 2. The van der Waals surface area contributed by atoms with Gasteiger partial charge in [0.25, 0.3) is 0 Å². The Morgan fingerprint density at radius 2 is 1.56 bits per heavy atom. The fraction of sp³-hybridized carbons (Fsp3) is 0.200. The third-order valence-corrected chi connectivity index (χ3v) is 5.27. The number of carbonyl (C=O) groups is 2. The molecule has 1 fully saturated rings. The van der Waals surface area contributed by atoms with Crippen molar-refractivity contribution in [1.29, 1.82) is 0 Å². The molecule has 11 heteroatoms. The van der Waals surface area contributed by atoms with Gasteiger partial charge in [0.2, 0.25) is 17.5 Å². The number of benzene rings is 2. The first-order chi connectivity index (χ1) is 17.5. The first-order valence-electron chi connectivity index (χ1n) is 11.0. The van der Waals surface area contributed by atoms with E-state index >= 15 is 0 Å². The highest BCUT2D eigenvalue weighted by Crippen LogP contribution is 2.28. The summed E-state index contributed by atoms with van der Waals surface area (Å²) >= 11 is 0. The van der Waals surface area contributed by atoms with Crippen LogP contribution in [-0.2, 0) is 22.7 Å². The first-order valence-corrected chi connectivity index (χ1v) is 11.0. The third kappa shape index (κ3) is 6.70. The van der Waals surface area contributed by atoms with E-state index in [0.29, 0.717) is 24.1 Å². The molecule has 4 aromatic rings. The zero-order chi connectivity index (χ0) is 25.3. The molecule has 0 radical (unpaired) electrons. The summed E-state index contributed by atoms with van der Waals surface area (Å²) in [5.74, 6) is -0.939. The van der Waals surface area contributed by atoms with Crippen LogP contribution in [0.1, 0.15) is 22.9 Å². The molecule has 1 aliphatic rings. The Morgan fingerprint density at radius 3 is 2.19 bits per heavy atom. The molecular formula is C25H23N5O6. The summed E-state index contributed by atoms with van der Waals surface area (Å²) in [7, 11) is 0. The van der Waals surface area contributed by atoms with Crippen LogP contribution in [0, 0.1) is 0 Å². The quantitative estimate of drug-likeness (QED) is 0.369. The lowest BCUT2D eigenvalue weighted by atomic mass is 9.99. The molecule has 1 aliphatic heterocycles. The van der Waals surface area contributed by atoms with Crippen LogP contribution in [0.4, 0.5) is 0 Å². The summed E-state index contributed by atoms with van der Waals surface area (Å²) in [6.07, 6.45) is 3.34. The van der Waals surface area contributed by atoms with E-state index in [2.05, 4.69) is 49.3 Å². The van der Waals surface area contributed by atoms with Crippen LogP contribution >= 0.6 is 0 Å². The van der Waals surface area contributed by atoms with Gasteiger partial charge >= 0.3 is 11.9 Å². The van der Waals surface area contributed by atoms with Gasteiger partial charge in [-0.25, -0.2) is 19.6 Å². The molecule has 0 spiro atoms. The Labute approximate surface area is 206 Å². The van der Waals surface area contributed by atoms with Gasteiger partial charge in [-0.05, 0) is 29.3 Å². The monoisotopic (exact) mass is 489 g/mol. The molecule has 0 unspecified atom stereocenters. The molecule has 0 aliphatic carbocycles. The number of hydrogen-bond acceptors (Lipinski definition) is 9. The van der Waals surface area contributed by atoms with E-state index in [4.69, 9.17) is 29.1 Å². The van der Waals surface area contributed by atoms with Crippen LogP contribution in [0.25, 0.3) is 11.6 Å². The second kappa shape index (κ2) is 11.7. The maximum atomic E-state index is 9.10. The van der Waals surface area contributed by atoms with Gasteiger partial charge in [0, 0.05) is 32.0 Å². The molecule has 184 valence electrons. The van der Waals surface area contributed by atoms with Gasteiger partial charge in [0.05, 0.1) is 5.92 Å². The van der Waals surface area contributed by atoms with Crippen molar-refractivity contribution in [3.63, 3.8) is 0 Å². The second-order valence-corrected chi connectivity index (χ2v) is 7.95. The number of carboxylic acid groups (broad SMARTS) is 2. The topological polar surface area (TPSA) is 152 Å². The van der Waals surface area contributed by atoms with Crippen molar-refractivity contribution in [2.24, 2.45) is 0 Å². The van der Waals surface area contributed by atoms with Crippen LogP contribution < -0.4 is 4.74 Å². The van der Waals surface area contributed by atoms with Crippen molar-refractivity contribution in [2.45, 2.75) is 19.1 Å². The number of aromatic nitrogens is 4. The van der Waals surface area contributed by atoms with Crippen molar-refractivity contribution in [2.75, 3.05) is 13.1 Å². The number of rotatable bonds is 7. The number of ether oxygens (including phenoxy) is 1. The van der Waals surface area contributed by atoms with E-state index < -0.39 is 11.9 Å². The Hall–Kier alpha value is -4.64. The zero-order valence-corrected chi connectivity index (χ0v) is 19.1.